The number of rotatable bonds is 2. The summed E-state index contributed by atoms with van der Waals surface area (Å²) in [5.74, 6) is -0.956. The lowest BCUT2D eigenvalue weighted by molar-refractivity contribution is -0.138. The second-order valence-electron chi connectivity index (χ2n) is 4.36. The smallest absolute Gasteiger partial charge is 0.416 e. The van der Waals surface area contributed by atoms with E-state index in [1.165, 1.54) is 6.07 Å². The van der Waals surface area contributed by atoms with E-state index in [2.05, 4.69) is 5.32 Å². The summed E-state index contributed by atoms with van der Waals surface area (Å²) in [7, 11) is 0. The SMILES string of the molecule is O=C(O)CC1Cc2cc(C(F)(F)F)ccc2CN1. The summed E-state index contributed by atoms with van der Waals surface area (Å²) >= 11 is 0. The van der Waals surface area contributed by atoms with Gasteiger partial charge < -0.3 is 10.4 Å². The van der Waals surface area contributed by atoms with Crippen LogP contribution in [-0.4, -0.2) is 17.1 Å². The number of nitrogens with one attached hydrogen (secondary N) is 1. The molecule has 1 aromatic rings. The minimum absolute atomic E-state index is 0.0876. The quantitative estimate of drug-likeness (QED) is 0.856. The van der Waals surface area contributed by atoms with E-state index in [0.29, 0.717) is 18.5 Å². The van der Waals surface area contributed by atoms with Crippen LogP contribution < -0.4 is 5.32 Å². The highest BCUT2D eigenvalue weighted by atomic mass is 19.4. The van der Waals surface area contributed by atoms with Crippen LogP contribution in [0.2, 0.25) is 0 Å². The first-order valence-electron chi connectivity index (χ1n) is 5.50. The van der Waals surface area contributed by atoms with Crippen molar-refractivity contribution in [1.29, 1.82) is 0 Å². The Hall–Kier alpha value is -1.56. The molecule has 98 valence electrons. The van der Waals surface area contributed by atoms with Crippen molar-refractivity contribution in [3.05, 3.63) is 34.9 Å². The molecule has 1 aromatic carbocycles. The molecule has 3 nitrogen and oxygen atoms in total. The zero-order chi connectivity index (χ0) is 13.3. The number of hydrogen-bond acceptors (Lipinski definition) is 2. The molecule has 0 saturated carbocycles. The summed E-state index contributed by atoms with van der Waals surface area (Å²) in [4.78, 5) is 10.6. The number of hydrogen-bond donors (Lipinski definition) is 2. The maximum Gasteiger partial charge on any atom is 0.416 e. The first-order chi connectivity index (χ1) is 8.36. The highest BCUT2D eigenvalue weighted by molar-refractivity contribution is 5.67. The molecule has 0 saturated heterocycles. The van der Waals surface area contributed by atoms with E-state index >= 15 is 0 Å². The van der Waals surface area contributed by atoms with Gasteiger partial charge in [-0.1, -0.05) is 6.07 Å². The Labute approximate surface area is 102 Å². The van der Waals surface area contributed by atoms with Crippen molar-refractivity contribution >= 4 is 5.97 Å². The fraction of sp³-hybridized carbons (Fsp3) is 0.417. The monoisotopic (exact) mass is 259 g/mol. The van der Waals surface area contributed by atoms with Gasteiger partial charge in [-0.25, -0.2) is 0 Å². The molecule has 0 spiro atoms. The second-order valence-corrected chi connectivity index (χ2v) is 4.36. The summed E-state index contributed by atoms with van der Waals surface area (Å²) in [6.45, 7) is 0.408. The number of benzene rings is 1. The summed E-state index contributed by atoms with van der Waals surface area (Å²) in [5.41, 5.74) is 0.691. The lowest BCUT2D eigenvalue weighted by Crippen LogP contribution is -2.37. The van der Waals surface area contributed by atoms with Crippen molar-refractivity contribution < 1.29 is 23.1 Å². The molecule has 0 bridgehead atoms. The van der Waals surface area contributed by atoms with Gasteiger partial charge in [0.2, 0.25) is 0 Å². The Morgan fingerprint density at radius 3 is 2.72 bits per heavy atom. The van der Waals surface area contributed by atoms with Crippen LogP contribution in [0.5, 0.6) is 0 Å². The van der Waals surface area contributed by atoms with Gasteiger partial charge in [0.05, 0.1) is 12.0 Å². The van der Waals surface area contributed by atoms with Crippen LogP contribution in [0.1, 0.15) is 23.1 Å². The normalized spacial score (nSPS) is 19.4. The molecule has 1 aliphatic rings. The van der Waals surface area contributed by atoms with Crippen LogP contribution in [0.15, 0.2) is 18.2 Å². The molecule has 0 amide bonds. The molecule has 0 fully saturated rings. The number of carboxylic acid groups (broad SMARTS) is 1. The van der Waals surface area contributed by atoms with E-state index in [4.69, 9.17) is 5.11 Å². The minimum Gasteiger partial charge on any atom is -0.481 e. The van der Waals surface area contributed by atoms with Gasteiger partial charge in [0, 0.05) is 12.6 Å². The zero-order valence-electron chi connectivity index (χ0n) is 9.42. The third-order valence-electron chi connectivity index (χ3n) is 3.00. The fourth-order valence-electron chi connectivity index (χ4n) is 2.11. The Morgan fingerprint density at radius 1 is 1.39 bits per heavy atom. The Bertz CT molecular complexity index is 471. The second kappa shape index (κ2) is 4.61. The lowest BCUT2D eigenvalue weighted by atomic mass is 9.92. The maximum atomic E-state index is 12.6. The molecular formula is C12H12F3NO2. The number of carboxylic acids is 1. The topological polar surface area (TPSA) is 49.3 Å². The number of fused-ring (bicyclic) bond motifs is 1. The Balaban J connectivity index is 2.22. The molecule has 2 rings (SSSR count). The third-order valence-corrected chi connectivity index (χ3v) is 3.00. The summed E-state index contributed by atoms with van der Waals surface area (Å²) in [6, 6.07) is 3.31. The molecule has 18 heavy (non-hydrogen) atoms. The van der Waals surface area contributed by atoms with Crippen molar-refractivity contribution in [2.24, 2.45) is 0 Å². The largest absolute Gasteiger partial charge is 0.481 e. The van der Waals surface area contributed by atoms with E-state index in [9.17, 15) is 18.0 Å². The molecule has 2 N–H and O–H groups in total. The van der Waals surface area contributed by atoms with Gasteiger partial charge in [0.1, 0.15) is 0 Å². The maximum absolute atomic E-state index is 12.6. The van der Waals surface area contributed by atoms with E-state index in [1.807, 2.05) is 0 Å². The molecule has 1 aliphatic heterocycles. The number of carbonyl (C=O) groups is 1. The molecule has 0 aromatic heterocycles. The van der Waals surface area contributed by atoms with E-state index in [1.54, 1.807) is 0 Å². The van der Waals surface area contributed by atoms with Gasteiger partial charge in [-0.3, -0.25) is 4.79 Å². The van der Waals surface area contributed by atoms with Crippen LogP contribution in [-0.2, 0) is 23.9 Å². The van der Waals surface area contributed by atoms with Gasteiger partial charge in [0.25, 0.3) is 0 Å². The van der Waals surface area contributed by atoms with Gasteiger partial charge in [0.15, 0.2) is 0 Å². The van der Waals surface area contributed by atoms with Crippen molar-refractivity contribution in [2.75, 3.05) is 0 Å². The van der Waals surface area contributed by atoms with Crippen LogP contribution in [0.4, 0.5) is 13.2 Å². The van der Waals surface area contributed by atoms with Crippen LogP contribution in [0, 0.1) is 0 Å². The van der Waals surface area contributed by atoms with Crippen LogP contribution in [0.3, 0.4) is 0 Å². The Kier molecular flexibility index (Phi) is 3.30. The number of aliphatic carboxylic acids is 1. The average molecular weight is 259 g/mol. The molecule has 0 aliphatic carbocycles. The van der Waals surface area contributed by atoms with E-state index in [-0.39, 0.29) is 12.5 Å². The summed E-state index contributed by atoms with van der Waals surface area (Å²) < 4.78 is 37.7. The van der Waals surface area contributed by atoms with Crippen molar-refractivity contribution in [2.45, 2.75) is 31.6 Å². The summed E-state index contributed by atoms with van der Waals surface area (Å²) in [5, 5.41) is 11.7. The predicted octanol–water partition coefficient (Wildman–Crippen LogP) is 2.19. The average Bonchev–Trinajstić information content (AvgIpc) is 2.26. The molecule has 1 atom stereocenters. The van der Waals surface area contributed by atoms with Gasteiger partial charge in [-0.05, 0) is 29.7 Å². The predicted molar refractivity (Wildman–Crippen MR) is 58.0 cm³/mol. The Morgan fingerprint density at radius 2 is 2.11 bits per heavy atom. The lowest BCUT2D eigenvalue weighted by Gasteiger charge is -2.25. The van der Waals surface area contributed by atoms with E-state index in [0.717, 1.165) is 17.7 Å². The molecular weight excluding hydrogens is 247 g/mol. The summed E-state index contributed by atoms with van der Waals surface area (Å²) in [6.07, 6.45) is -4.14. The van der Waals surface area contributed by atoms with Gasteiger partial charge in [-0.2, -0.15) is 13.2 Å². The molecule has 0 radical (unpaired) electrons. The minimum atomic E-state index is -4.36. The standard InChI is InChI=1S/C12H12F3NO2/c13-12(14,15)9-2-1-7-6-16-10(5-11(17)18)4-8(7)3-9/h1-3,10,16H,4-6H2,(H,17,18). The molecule has 1 heterocycles. The number of halogens is 3. The third kappa shape index (κ3) is 2.81. The first kappa shape index (κ1) is 12.9. The highest BCUT2D eigenvalue weighted by Gasteiger charge is 2.32. The van der Waals surface area contributed by atoms with Crippen LogP contribution >= 0.6 is 0 Å². The highest BCUT2D eigenvalue weighted by Crippen LogP contribution is 2.31. The van der Waals surface area contributed by atoms with Crippen LogP contribution in [0.25, 0.3) is 0 Å². The molecule has 6 heteroatoms. The van der Waals surface area contributed by atoms with Crippen molar-refractivity contribution in [3.8, 4) is 0 Å². The van der Waals surface area contributed by atoms with Crippen molar-refractivity contribution in [3.63, 3.8) is 0 Å². The first-order valence-corrected chi connectivity index (χ1v) is 5.50. The van der Waals surface area contributed by atoms with Gasteiger partial charge in [-0.15, -0.1) is 0 Å². The fourth-order valence-corrected chi connectivity index (χ4v) is 2.11. The number of alkyl halides is 3. The zero-order valence-corrected chi connectivity index (χ0v) is 9.42. The molecule has 1 unspecified atom stereocenters. The van der Waals surface area contributed by atoms with Crippen molar-refractivity contribution in [1.82, 2.24) is 5.32 Å². The van der Waals surface area contributed by atoms with Gasteiger partial charge >= 0.3 is 12.1 Å². The van der Waals surface area contributed by atoms with E-state index < -0.39 is 17.7 Å².